The molecule has 0 radical (unpaired) electrons. The Labute approximate surface area is 225 Å². The van der Waals surface area contributed by atoms with Crippen molar-refractivity contribution in [1.29, 1.82) is 0 Å². The summed E-state index contributed by atoms with van der Waals surface area (Å²) in [6, 6.07) is -7.76. The molecule has 0 spiro atoms. The predicted molar refractivity (Wildman–Crippen MR) is 123 cm³/mol. The number of rotatable bonds is 7. The highest BCUT2D eigenvalue weighted by molar-refractivity contribution is 6.43. The second kappa shape index (κ2) is 9.90. The first kappa shape index (κ1) is 6.09. The topological polar surface area (TPSA) is 44.8 Å². The number of nitrogens with zero attached hydrogens (tertiary/aromatic N) is 2. The molecule has 1 amide bonds. The second-order valence-electron chi connectivity index (χ2n) is 5.13. The zero-order valence-corrected chi connectivity index (χ0v) is 15.9. The van der Waals surface area contributed by atoms with Crippen molar-refractivity contribution >= 4 is 40.5 Å². The van der Waals surface area contributed by atoms with Crippen molar-refractivity contribution in [2.75, 3.05) is 49.3 Å². The van der Waals surface area contributed by atoms with Crippen LogP contribution >= 0.6 is 23.2 Å². The van der Waals surface area contributed by atoms with Crippen molar-refractivity contribution in [3.8, 4) is 5.75 Å². The standard InChI is InChI=1S/C23H27Cl2N3O2/c24-19-4-3-5-21(23(19)25)28-13-11-27(12-14-28)10-1-2-15-30-18-8-6-17-7-9-22(29)26-20(17)16-18/h3-6,8,16H,1-2,7,9-15H2,(H,26,29)/i1D2,2D2,3D,4D,5D,6D,7D2,8D,9D2,10D2,11D2,12D2,13D2,14D2,15D2,16D/hD. The minimum absolute atomic E-state index is 0.409. The lowest BCUT2D eigenvalue weighted by atomic mass is 10.0. The van der Waals surface area contributed by atoms with E-state index in [2.05, 4.69) is 0 Å². The Morgan fingerprint density at radius 2 is 2.00 bits per heavy atom. The van der Waals surface area contributed by atoms with Gasteiger partial charge in [-0.1, -0.05) is 35.3 Å². The van der Waals surface area contributed by atoms with Crippen LogP contribution in [0.15, 0.2) is 36.3 Å². The van der Waals surface area contributed by atoms with Gasteiger partial charge in [-0.2, -0.15) is 0 Å². The smallest absolute Gasteiger partial charge is 0.224 e. The van der Waals surface area contributed by atoms with Crippen LogP contribution in [0.4, 0.5) is 11.4 Å². The molecule has 160 valence electrons. The molecule has 0 atom stereocenters. The average Bonchev–Trinajstić information content (AvgIpc) is 3.05. The zero-order chi connectivity index (χ0) is 44.9. The number of carbonyl (C=O) groups is 1. The summed E-state index contributed by atoms with van der Waals surface area (Å²) in [6.45, 7) is -26.5. The van der Waals surface area contributed by atoms with Crippen LogP contribution in [-0.4, -0.2) is 49.9 Å². The van der Waals surface area contributed by atoms with Gasteiger partial charge in [-0.05, 0) is 49.3 Å². The predicted octanol–water partition coefficient (Wildman–Crippen LogP) is 4.86. The van der Waals surface area contributed by atoms with Gasteiger partial charge < -0.3 is 14.9 Å². The molecule has 0 saturated carbocycles. The molecule has 1 saturated heterocycles. The Morgan fingerprint density at radius 3 is 2.83 bits per heavy atom. The van der Waals surface area contributed by atoms with E-state index < -0.39 is 155 Å². The van der Waals surface area contributed by atoms with E-state index in [0.29, 0.717) is 0 Å². The Bertz CT molecular complexity index is 2000. The van der Waals surface area contributed by atoms with Gasteiger partial charge in [0.05, 0.1) is 38.7 Å². The van der Waals surface area contributed by atoms with E-state index in [1.807, 2.05) is 0 Å². The number of amides is 1. The molecule has 0 aromatic heterocycles. The van der Waals surface area contributed by atoms with Crippen molar-refractivity contribution in [3.63, 3.8) is 0 Å². The molecule has 1 N–H and O–H groups in total. The highest BCUT2D eigenvalue weighted by atomic mass is 35.5. The fraction of sp³-hybridized carbons (Fsp3) is 0.435. The number of piperazine rings is 1. The lowest BCUT2D eigenvalue weighted by Crippen LogP contribution is -2.46. The molecule has 0 aliphatic carbocycles. The zero-order valence-electron chi connectivity index (χ0n) is 41.4. The van der Waals surface area contributed by atoms with Crippen LogP contribution in [0.5, 0.6) is 5.75 Å². The van der Waals surface area contributed by atoms with E-state index in [0.717, 1.165) is 0 Å². The lowest BCUT2D eigenvalue weighted by Gasteiger charge is -2.36. The average molecular weight is 476 g/mol. The summed E-state index contributed by atoms with van der Waals surface area (Å²) < 4.78 is 231. The van der Waals surface area contributed by atoms with Crippen molar-refractivity contribution in [1.82, 2.24) is 4.90 Å². The minimum atomic E-state index is -4.77. The van der Waals surface area contributed by atoms with Crippen LogP contribution in [0.1, 0.15) is 60.3 Å². The molecular formula is C23H27Cl2N3O2. The Morgan fingerprint density at radius 1 is 1.17 bits per heavy atom. The molecule has 30 heavy (non-hydrogen) atoms. The third-order valence-corrected chi connectivity index (χ3v) is 3.98. The molecule has 0 bridgehead atoms. The highest BCUT2D eigenvalue weighted by Crippen LogP contribution is 2.33. The number of hydrogen-bond donors (Lipinski definition) is 1. The van der Waals surface area contributed by atoms with Crippen LogP contribution in [-0.2, 0) is 11.2 Å². The number of anilines is 2. The molecule has 2 aliphatic heterocycles. The summed E-state index contributed by atoms with van der Waals surface area (Å²) in [5.74, 6) is -3.55. The van der Waals surface area contributed by atoms with Crippen LogP contribution in [0.2, 0.25) is 11.5 Å². The number of halogens is 2. The fourth-order valence-corrected chi connectivity index (χ4v) is 2.29. The van der Waals surface area contributed by atoms with E-state index in [1.54, 1.807) is 0 Å². The van der Waals surface area contributed by atoms with Gasteiger partial charge in [0.1, 0.15) is 5.75 Å². The van der Waals surface area contributed by atoms with E-state index in [1.165, 1.54) is 0 Å². The van der Waals surface area contributed by atoms with E-state index in [4.69, 9.17) is 65.0 Å². The number of benzene rings is 2. The molecule has 2 aromatic carbocycles. The first-order chi connectivity index (χ1) is 25.1. The Hall–Kier alpha value is -1.95. The molecule has 2 aromatic rings. The van der Waals surface area contributed by atoms with Crippen molar-refractivity contribution < 1.29 is 46.6 Å². The molecule has 7 heteroatoms. The molecule has 2 aliphatic rings. The van der Waals surface area contributed by atoms with E-state index >= 15 is 0 Å². The van der Waals surface area contributed by atoms with Crippen molar-refractivity contribution in [2.24, 2.45) is 0 Å². The normalized spacial score (nSPS) is 42.3. The summed E-state index contributed by atoms with van der Waals surface area (Å²) in [6.07, 6.45) is -16.5. The van der Waals surface area contributed by atoms with Gasteiger partial charge in [-0.25, -0.2) is 0 Å². The maximum absolute atomic E-state index is 12.6. The lowest BCUT2D eigenvalue weighted by molar-refractivity contribution is -0.116. The van der Waals surface area contributed by atoms with Gasteiger partial charge >= 0.3 is 0 Å². The van der Waals surface area contributed by atoms with Gasteiger partial charge in [0.25, 0.3) is 0 Å². The first-order valence-electron chi connectivity index (χ1n) is 21.2. The summed E-state index contributed by atoms with van der Waals surface area (Å²) in [5, 5.41) is -2.35. The maximum Gasteiger partial charge on any atom is 0.224 e. The van der Waals surface area contributed by atoms with Crippen LogP contribution < -0.4 is 14.9 Å². The van der Waals surface area contributed by atoms with Crippen LogP contribution in [0.25, 0.3) is 0 Å². The van der Waals surface area contributed by atoms with Crippen LogP contribution in [0, 0.1) is 0 Å². The largest absolute Gasteiger partial charge is 0.494 e. The van der Waals surface area contributed by atoms with Crippen molar-refractivity contribution in [2.45, 2.75) is 25.5 Å². The molecule has 0 unspecified atom stereocenters. The van der Waals surface area contributed by atoms with Crippen LogP contribution in [0.3, 0.4) is 0 Å². The maximum atomic E-state index is 12.6. The molecular weight excluding hydrogens is 421 g/mol. The van der Waals surface area contributed by atoms with E-state index in [9.17, 15) is 4.79 Å². The number of ether oxygens (including phenoxy) is 1. The first-order valence-corrected chi connectivity index (χ1v) is 8.54. The number of hydrogen-bond acceptors (Lipinski definition) is 4. The second-order valence-corrected chi connectivity index (χ2v) is 5.89. The molecule has 2 heterocycles. The van der Waals surface area contributed by atoms with Crippen molar-refractivity contribution in [3.05, 3.63) is 51.9 Å². The Kier molecular flexibility index (Phi) is 2.01. The quantitative estimate of drug-likeness (QED) is 0.621. The summed E-state index contributed by atoms with van der Waals surface area (Å²) in [4.78, 5) is 11.1. The third kappa shape index (κ3) is 5.20. The monoisotopic (exact) mass is 474 g/mol. The van der Waals surface area contributed by atoms with Gasteiger partial charge in [0.15, 0.2) is 1.41 Å². The van der Waals surface area contributed by atoms with Gasteiger partial charge in [0, 0.05) is 63.3 Å². The number of nitrogens with one attached hydrogen (secondary N) is 1. The summed E-state index contributed by atoms with van der Waals surface area (Å²) in [7, 11) is 0. The van der Waals surface area contributed by atoms with E-state index in [-0.39, 0.29) is 0 Å². The van der Waals surface area contributed by atoms with Gasteiger partial charge in [0.2, 0.25) is 5.91 Å². The SMILES string of the molecule is [2H]c1c([2H])c(Cl)c(Cl)c(N2C([2H])([2H])C([2H])([2H])N(C([2H])([2H])C([2H])([2H])C([2H])([2H])C([2H])([2H])Oc3c([2H])c([2H])c4c(c3[2H])N([2H])C(=O)C([2H])([2H])C4([2H])[2H])C([2H])([2H])C2([2H])[2H])c1[2H]. The summed E-state index contributed by atoms with van der Waals surface area (Å²) >= 11 is 12.0. The highest BCUT2D eigenvalue weighted by Gasteiger charge is 2.19. The fourth-order valence-electron chi connectivity index (χ4n) is 1.97. The third-order valence-electron chi connectivity index (χ3n) is 3.24. The number of fused-ring (bicyclic) bond motifs is 1. The number of carbonyl (C=O) groups excluding carboxylic acids is 1. The molecule has 1 fully saturated rings. The minimum Gasteiger partial charge on any atom is -0.494 e. The Balaban J connectivity index is 1.92. The molecule has 4 rings (SSSR count). The summed E-state index contributed by atoms with van der Waals surface area (Å²) in [5.41, 5.74) is -3.81. The van der Waals surface area contributed by atoms with Gasteiger partial charge in [-0.15, -0.1) is 0 Å². The molecule has 5 nitrogen and oxygen atoms in total. The van der Waals surface area contributed by atoms with Gasteiger partial charge in [-0.3, -0.25) is 9.69 Å².